The first-order valence-corrected chi connectivity index (χ1v) is 8.10. The molecule has 0 unspecified atom stereocenters. The first-order valence-electron chi connectivity index (χ1n) is 7.22. The number of rotatable bonds is 7. The molecule has 1 aromatic heterocycles. The number of hydrogen-bond acceptors (Lipinski definition) is 3. The Morgan fingerprint density at radius 3 is 2.70 bits per heavy atom. The molecule has 0 aliphatic heterocycles. The van der Waals surface area contributed by atoms with Crippen molar-refractivity contribution in [3.63, 3.8) is 0 Å². The Hall–Kier alpha value is -1.32. The number of aryl methyl sites for hydroxylation is 1. The van der Waals surface area contributed by atoms with Crippen molar-refractivity contribution >= 4 is 17.0 Å². The average Bonchev–Trinajstić information content (AvgIpc) is 2.90. The van der Waals surface area contributed by atoms with E-state index >= 15 is 0 Å². The van der Waals surface area contributed by atoms with Gasteiger partial charge in [-0.05, 0) is 49.9 Å². The average molecular weight is 288 g/mol. The third-order valence-corrected chi connectivity index (χ3v) is 4.28. The fourth-order valence-electron chi connectivity index (χ4n) is 2.22. The maximum Gasteiger partial charge on any atom is 0.0343 e. The van der Waals surface area contributed by atoms with E-state index in [0.717, 1.165) is 19.6 Å². The summed E-state index contributed by atoms with van der Waals surface area (Å²) < 4.78 is 0. The highest BCUT2D eigenvalue weighted by molar-refractivity contribution is 7.09. The van der Waals surface area contributed by atoms with E-state index in [1.807, 2.05) is 11.3 Å². The second kappa shape index (κ2) is 7.46. The van der Waals surface area contributed by atoms with Gasteiger partial charge in [-0.3, -0.25) is 4.90 Å². The van der Waals surface area contributed by atoms with Gasteiger partial charge < -0.3 is 5.32 Å². The predicted octanol–water partition coefficient (Wildman–Crippen LogP) is 4.38. The zero-order valence-corrected chi connectivity index (χ0v) is 13.4. The SMILES string of the molecule is Cc1cccc(NCCN(Cc2cccs2)C(C)C)c1. The van der Waals surface area contributed by atoms with E-state index in [0.29, 0.717) is 6.04 Å². The molecule has 0 saturated heterocycles. The van der Waals surface area contributed by atoms with Crippen LogP contribution in [-0.4, -0.2) is 24.0 Å². The molecule has 108 valence electrons. The molecular weight excluding hydrogens is 264 g/mol. The maximum absolute atomic E-state index is 3.51. The van der Waals surface area contributed by atoms with Crippen LogP contribution in [0.5, 0.6) is 0 Å². The standard InChI is InChI=1S/C17H24N2S/c1-14(2)19(13-17-8-5-11-20-17)10-9-18-16-7-4-6-15(3)12-16/h4-8,11-12,14,18H,9-10,13H2,1-3H3. The summed E-state index contributed by atoms with van der Waals surface area (Å²) in [6, 6.07) is 13.5. The lowest BCUT2D eigenvalue weighted by Crippen LogP contribution is -2.34. The zero-order chi connectivity index (χ0) is 14.4. The Bertz CT molecular complexity index is 505. The molecule has 3 heteroatoms. The van der Waals surface area contributed by atoms with Gasteiger partial charge in [0.05, 0.1) is 0 Å². The minimum Gasteiger partial charge on any atom is -0.384 e. The Balaban J connectivity index is 1.83. The number of nitrogens with zero attached hydrogens (tertiary/aromatic N) is 1. The van der Waals surface area contributed by atoms with Gasteiger partial charge in [0.15, 0.2) is 0 Å². The molecule has 1 heterocycles. The van der Waals surface area contributed by atoms with Gasteiger partial charge in [0, 0.05) is 36.2 Å². The molecule has 0 aliphatic rings. The maximum atomic E-state index is 3.51. The molecule has 0 bridgehead atoms. The first kappa shape index (κ1) is 15.1. The lowest BCUT2D eigenvalue weighted by Gasteiger charge is -2.26. The van der Waals surface area contributed by atoms with Crippen LogP contribution in [0.1, 0.15) is 24.3 Å². The molecule has 1 N–H and O–H groups in total. The number of thiophene rings is 1. The fourth-order valence-corrected chi connectivity index (χ4v) is 2.95. The first-order chi connectivity index (χ1) is 9.65. The summed E-state index contributed by atoms with van der Waals surface area (Å²) in [5.41, 5.74) is 2.51. The number of nitrogens with one attached hydrogen (secondary N) is 1. The molecule has 0 atom stereocenters. The second-order valence-electron chi connectivity index (χ2n) is 5.44. The van der Waals surface area contributed by atoms with Crippen LogP contribution >= 0.6 is 11.3 Å². The Morgan fingerprint density at radius 2 is 2.05 bits per heavy atom. The van der Waals surface area contributed by atoms with E-state index in [9.17, 15) is 0 Å². The lowest BCUT2D eigenvalue weighted by molar-refractivity contribution is 0.223. The van der Waals surface area contributed by atoms with Crippen LogP contribution in [0, 0.1) is 6.92 Å². The molecule has 0 aliphatic carbocycles. The van der Waals surface area contributed by atoms with E-state index < -0.39 is 0 Å². The van der Waals surface area contributed by atoms with Crippen molar-refractivity contribution < 1.29 is 0 Å². The molecule has 2 rings (SSSR count). The third kappa shape index (κ3) is 4.66. The molecule has 1 aromatic carbocycles. The second-order valence-corrected chi connectivity index (χ2v) is 6.47. The Morgan fingerprint density at radius 1 is 1.20 bits per heavy atom. The molecule has 0 fully saturated rings. The summed E-state index contributed by atoms with van der Waals surface area (Å²) >= 11 is 1.84. The normalized spacial score (nSPS) is 11.2. The van der Waals surface area contributed by atoms with Gasteiger partial charge in [-0.1, -0.05) is 18.2 Å². The zero-order valence-electron chi connectivity index (χ0n) is 12.6. The van der Waals surface area contributed by atoms with E-state index in [-0.39, 0.29) is 0 Å². The van der Waals surface area contributed by atoms with Gasteiger partial charge >= 0.3 is 0 Å². The molecule has 2 nitrogen and oxygen atoms in total. The molecule has 0 amide bonds. The number of anilines is 1. The molecule has 2 aromatic rings. The van der Waals surface area contributed by atoms with Crippen molar-refractivity contribution in [2.45, 2.75) is 33.4 Å². The van der Waals surface area contributed by atoms with E-state index in [1.165, 1.54) is 16.1 Å². The minimum atomic E-state index is 0.566. The van der Waals surface area contributed by atoms with Crippen LogP contribution in [0.25, 0.3) is 0 Å². The van der Waals surface area contributed by atoms with Gasteiger partial charge in [-0.25, -0.2) is 0 Å². The summed E-state index contributed by atoms with van der Waals surface area (Å²) in [6.07, 6.45) is 0. The molecule has 0 saturated carbocycles. The molecule has 0 spiro atoms. The van der Waals surface area contributed by atoms with E-state index in [2.05, 4.69) is 72.8 Å². The Labute approximate surface area is 126 Å². The highest BCUT2D eigenvalue weighted by Crippen LogP contribution is 2.14. The molecule has 0 radical (unpaired) electrons. The summed E-state index contributed by atoms with van der Waals surface area (Å²) in [5.74, 6) is 0. The largest absolute Gasteiger partial charge is 0.384 e. The lowest BCUT2D eigenvalue weighted by atomic mass is 10.2. The van der Waals surface area contributed by atoms with Crippen molar-refractivity contribution in [3.05, 3.63) is 52.2 Å². The van der Waals surface area contributed by atoms with E-state index in [1.54, 1.807) is 0 Å². The van der Waals surface area contributed by atoms with Gasteiger partial charge in [-0.2, -0.15) is 0 Å². The van der Waals surface area contributed by atoms with Crippen LogP contribution in [0.3, 0.4) is 0 Å². The van der Waals surface area contributed by atoms with Crippen LogP contribution in [0.15, 0.2) is 41.8 Å². The summed E-state index contributed by atoms with van der Waals surface area (Å²) in [6.45, 7) is 9.74. The van der Waals surface area contributed by atoms with Crippen LogP contribution < -0.4 is 5.32 Å². The van der Waals surface area contributed by atoms with Crippen LogP contribution in [-0.2, 0) is 6.54 Å². The van der Waals surface area contributed by atoms with Crippen molar-refractivity contribution in [3.8, 4) is 0 Å². The minimum absolute atomic E-state index is 0.566. The van der Waals surface area contributed by atoms with Crippen molar-refractivity contribution in [2.75, 3.05) is 18.4 Å². The summed E-state index contributed by atoms with van der Waals surface area (Å²) in [4.78, 5) is 3.95. The summed E-state index contributed by atoms with van der Waals surface area (Å²) in [7, 11) is 0. The quantitative estimate of drug-likeness (QED) is 0.813. The number of benzene rings is 1. The van der Waals surface area contributed by atoms with E-state index in [4.69, 9.17) is 0 Å². The van der Waals surface area contributed by atoms with Crippen LogP contribution in [0.2, 0.25) is 0 Å². The van der Waals surface area contributed by atoms with Gasteiger partial charge in [0.1, 0.15) is 0 Å². The highest BCUT2D eigenvalue weighted by Gasteiger charge is 2.10. The third-order valence-electron chi connectivity index (χ3n) is 3.42. The predicted molar refractivity (Wildman–Crippen MR) is 89.5 cm³/mol. The topological polar surface area (TPSA) is 15.3 Å². The molecular formula is C17H24N2S. The van der Waals surface area contributed by atoms with Gasteiger partial charge in [0.2, 0.25) is 0 Å². The van der Waals surface area contributed by atoms with Crippen molar-refractivity contribution in [1.29, 1.82) is 0 Å². The van der Waals surface area contributed by atoms with Crippen molar-refractivity contribution in [2.24, 2.45) is 0 Å². The van der Waals surface area contributed by atoms with Crippen molar-refractivity contribution in [1.82, 2.24) is 4.90 Å². The molecule has 20 heavy (non-hydrogen) atoms. The fraction of sp³-hybridized carbons (Fsp3) is 0.412. The monoisotopic (exact) mass is 288 g/mol. The highest BCUT2D eigenvalue weighted by atomic mass is 32.1. The smallest absolute Gasteiger partial charge is 0.0343 e. The van der Waals surface area contributed by atoms with Gasteiger partial charge in [-0.15, -0.1) is 11.3 Å². The Kier molecular flexibility index (Phi) is 5.62. The number of hydrogen-bond donors (Lipinski definition) is 1. The summed E-state index contributed by atoms with van der Waals surface area (Å²) in [5, 5.41) is 5.66. The van der Waals surface area contributed by atoms with Gasteiger partial charge in [0.25, 0.3) is 0 Å². The van der Waals surface area contributed by atoms with Crippen LogP contribution in [0.4, 0.5) is 5.69 Å².